The molecule has 3 rings (SSSR count). The maximum Gasteiger partial charge on any atom is 0.472 e. The summed E-state index contributed by atoms with van der Waals surface area (Å²) in [4.78, 5) is 30.9. The Labute approximate surface area is 149 Å². The average molecular weight is 394 g/mol. The van der Waals surface area contributed by atoms with Gasteiger partial charge in [-0.05, 0) is 6.92 Å². The summed E-state index contributed by atoms with van der Waals surface area (Å²) in [7, 11) is 0. The number of aliphatic hydroxyl groups excluding tert-OH is 2. The van der Waals surface area contributed by atoms with E-state index in [0.29, 0.717) is 5.01 Å². The van der Waals surface area contributed by atoms with Crippen molar-refractivity contribution in [3.63, 3.8) is 0 Å². The molecule has 27 heavy (non-hydrogen) atoms. The molecule has 14 heteroatoms. The monoisotopic (exact) mass is 394 g/mol. The van der Waals surface area contributed by atoms with Crippen LogP contribution < -0.4 is 26.6 Å². The summed E-state index contributed by atoms with van der Waals surface area (Å²) in [5.74, 6) is -2.71. The first-order valence-electron chi connectivity index (χ1n) is 7.76. The zero-order valence-electron chi connectivity index (χ0n) is 13.9. The maximum absolute atomic E-state index is 12.6. The lowest BCUT2D eigenvalue weighted by atomic mass is 10.1. The lowest BCUT2D eigenvalue weighted by Crippen LogP contribution is -2.54. The summed E-state index contributed by atoms with van der Waals surface area (Å²) in [5, 5.41) is 19.9. The topological polar surface area (TPSA) is 157 Å². The number of carbonyl (C=O) groups is 1. The number of nitrogens with two attached hydrogens (primary N) is 1. The summed E-state index contributed by atoms with van der Waals surface area (Å²) in [5.41, 5.74) is 4.56. The molecule has 1 amide bonds. The number of aromatic nitrogens is 2. The van der Waals surface area contributed by atoms with Gasteiger partial charge in [0, 0.05) is 6.42 Å². The SMILES string of the molecule is C[C@]1(N2CN(NC(=O)C(F)(F)F)c3c2nc(N)[nH]c3=O)C[C@H](O)[C@@H](CO)O1. The van der Waals surface area contributed by atoms with Crippen molar-refractivity contribution >= 4 is 23.4 Å². The number of hydrazine groups is 1. The van der Waals surface area contributed by atoms with Crippen LogP contribution in [-0.2, 0) is 9.53 Å². The van der Waals surface area contributed by atoms with Crippen LogP contribution in [-0.4, -0.2) is 63.5 Å². The van der Waals surface area contributed by atoms with Crippen molar-refractivity contribution in [3.05, 3.63) is 10.4 Å². The van der Waals surface area contributed by atoms with Crippen LogP contribution in [0.4, 0.5) is 30.6 Å². The molecular weight excluding hydrogens is 377 g/mol. The molecule has 1 aromatic heterocycles. The van der Waals surface area contributed by atoms with Gasteiger partial charge in [-0.3, -0.25) is 25.0 Å². The van der Waals surface area contributed by atoms with Gasteiger partial charge in [-0.2, -0.15) is 18.2 Å². The predicted molar refractivity (Wildman–Crippen MR) is 84.3 cm³/mol. The van der Waals surface area contributed by atoms with Crippen LogP contribution in [0.3, 0.4) is 0 Å². The van der Waals surface area contributed by atoms with Gasteiger partial charge < -0.3 is 25.6 Å². The van der Waals surface area contributed by atoms with E-state index in [4.69, 9.17) is 10.5 Å². The normalized spacial score (nSPS) is 27.8. The average Bonchev–Trinajstić information content (AvgIpc) is 3.04. The number of fused-ring (bicyclic) bond motifs is 1. The van der Waals surface area contributed by atoms with E-state index in [-0.39, 0.29) is 23.9 Å². The van der Waals surface area contributed by atoms with Crippen LogP contribution in [0.1, 0.15) is 13.3 Å². The first-order chi connectivity index (χ1) is 12.5. The molecule has 0 spiro atoms. The van der Waals surface area contributed by atoms with Gasteiger partial charge in [0.05, 0.1) is 12.7 Å². The van der Waals surface area contributed by atoms with Crippen molar-refractivity contribution < 1.29 is 32.9 Å². The Morgan fingerprint density at radius 2 is 2.22 bits per heavy atom. The highest BCUT2D eigenvalue weighted by molar-refractivity contribution is 5.85. The number of nitrogen functional groups attached to an aromatic ring is 1. The number of halogens is 3. The van der Waals surface area contributed by atoms with Gasteiger partial charge >= 0.3 is 12.1 Å². The van der Waals surface area contributed by atoms with Gasteiger partial charge in [0.25, 0.3) is 5.56 Å². The van der Waals surface area contributed by atoms with Crippen LogP contribution in [0.5, 0.6) is 0 Å². The zero-order valence-corrected chi connectivity index (χ0v) is 13.9. The fraction of sp³-hybridized carbons (Fsp3) is 0.615. The van der Waals surface area contributed by atoms with E-state index in [1.165, 1.54) is 11.8 Å². The smallest absolute Gasteiger partial charge is 0.394 e. The Bertz CT molecular complexity index is 817. The third-order valence-corrected chi connectivity index (χ3v) is 4.37. The largest absolute Gasteiger partial charge is 0.472 e. The number of aliphatic hydroxyl groups is 2. The summed E-state index contributed by atoms with van der Waals surface area (Å²) in [6.45, 7) is 0.582. The third-order valence-electron chi connectivity index (χ3n) is 4.37. The highest BCUT2D eigenvalue weighted by atomic mass is 19.4. The lowest BCUT2D eigenvalue weighted by Gasteiger charge is -2.36. The Kier molecular flexibility index (Phi) is 4.44. The first kappa shape index (κ1) is 19.2. The number of hydrogen-bond acceptors (Lipinski definition) is 9. The fourth-order valence-electron chi connectivity index (χ4n) is 3.14. The number of alkyl halides is 3. The van der Waals surface area contributed by atoms with Crippen molar-refractivity contribution in [3.8, 4) is 0 Å². The van der Waals surface area contributed by atoms with Gasteiger partial charge in [0.15, 0.2) is 11.5 Å². The van der Waals surface area contributed by atoms with E-state index in [2.05, 4.69) is 9.97 Å². The minimum absolute atomic E-state index is 0.0346. The van der Waals surface area contributed by atoms with Crippen molar-refractivity contribution in [2.75, 3.05) is 28.9 Å². The van der Waals surface area contributed by atoms with Crippen LogP contribution in [0.2, 0.25) is 0 Å². The Morgan fingerprint density at radius 3 is 2.78 bits per heavy atom. The molecular formula is C13H17F3N6O5. The molecule has 150 valence electrons. The molecule has 1 fully saturated rings. The van der Waals surface area contributed by atoms with E-state index < -0.39 is 48.9 Å². The molecule has 0 aromatic carbocycles. The fourth-order valence-corrected chi connectivity index (χ4v) is 3.14. The number of nitrogens with zero attached hydrogens (tertiary/aromatic N) is 3. The molecule has 2 aliphatic rings. The van der Waals surface area contributed by atoms with Gasteiger partial charge in [-0.25, -0.2) is 0 Å². The van der Waals surface area contributed by atoms with Gasteiger partial charge in [-0.15, -0.1) is 0 Å². The molecule has 0 bridgehead atoms. The number of anilines is 3. The van der Waals surface area contributed by atoms with Crippen LogP contribution in [0, 0.1) is 0 Å². The van der Waals surface area contributed by atoms with Crippen molar-refractivity contribution in [2.45, 2.75) is 37.5 Å². The number of carbonyl (C=O) groups excluding carboxylic acids is 1. The first-order valence-corrected chi connectivity index (χ1v) is 7.76. The number of hydrogen-bond donors (Lipinski definition) is 5. The highest BCUT2D eigenvalue weighted by Gasteiger charge is 2.51. The second-order valence-electron chi connectivity index (χ2n) is 6.34. The number of amides is 1. The molecule has 0 unspecified atom stereocenters. The molecule has 1 saturated heterocycles. The van der Waals surface area contributed by atoms with Crippen molar-refractivity contribution in [1.82, 2.24) is 15.4 Å². The van der Waals surface area contributed by atoms with Crippen LogP contribution >= 0.6 is 0 Å². The molecule has 0 aliphatic carbocycles. The number of nitrogens with one attached hydrogen (secondary N) is 2. The molecule has 11 nitrogen and oxygen atoms in total. The second kappa shape index (κ2) is 6.24. The Morgan fingerprint density at radius 1 is 1.56 bits per heavy atom. The maximum atomic E-state index is 12.6. The molecule has 2 aliphatic heterocycles. The van der Waals surface area contributed by atoms with E-state index in [0.717, 1.165) is 0 Å². The minimum atomic E-state index is -5.17. The summed E-state index contributed by atoms with van der Waals surface area (Å²) < 4.78 is 43.4. The Balaban J connectivity index is 2.00. The van der Waals surface area contributed by atoms with Gasteiger partial charge in [0.2, 0.25) is 5.95 Å². The zero-order chi connectivity index (χ0) is 20.1. The molecule has 1 aromatic rings. The third kappa shape index (κ3) is 3.26. The Hall–Kier alpha value is -2.58. The van der Waals surface area contributed by atoms with Gasteiger partial charge in [-0.1, -0.05) is 0 Å². The number of aromatic amines is 1. The van der Waals surface area contributed by atoms with E-state index in [1.807, 2.05) is 0 Å². The summed E-state index contributed by atoms with van der Waals surface area (Å²) in [6.07, 6.45) is -7.20. The molecule has 0 saturated carbocycles. The lowest BCUT2D eigenvalue weighted by molar-refractivity contribution is -0.173. The van der Waals surface area contributed by atoms with Gasteiger partial charge in [0.1, 0.15) is 18.5 Å². The molecule has 0 radical (unpaired) electrons. The quantitative estimate of drug-likeness (QED) is 0.407. The number of rotatable bonds is 3. The second-order valence-corrected chi connectivity index (χ2v) is 6.34. The predicted octanol–water partition coefficient (Wildman–Crippen LogP) is -1.61. The summed E-state index contributed by atoms with van der Waals surface area (Å²) in [6, 6.07) is 0. The van der Waals surface area contributed by atoms with Crippen LogP contribution in [0.25, 0.3) is 0 Å². The standard InChI is InChI=1S/C13H17F3N6O5/c1-12(2-5(24)6(3-23)27-12)21-4-22(20-10(26)13(14,15)16)7-8(21)18-11(17)19-9(7)25/h5-6,23-24H,2-4H2,1H3,(H,20,26)(H3,17,18,19,25)/t5-,6+,12+/m0/s1. The van der Waals surface area contributed by atoms with E-state index in [1.54, 1.807) is 5.43 Å². The van der Waals surface area contributed by atoms with Crippen molar-refractivity contribution in [1.29, 1.82) is 0 Å². The molecule has 6 N–H and O–H groups in total. The van der Waals surface area contributed by atoms with Crippen LogP contribution in [0.15, 0.2) is 4.79 Å². The number of ether oxygens (including phenoxy) is 1. The number of H-pyrrole nitrogens is 1. The minimum Gasteiger partial charge on any atom is -0.394 e. The van der Waals surface area contributed by atoms with Crippen molar-refractivity contribution in [2.24, 2.45) is 0 Å². The molecule has 3 heterocycles. The molecule has 3 atom stereocenters. The highest BCUT2D eigenvalue weighted by Crippen LogP contribution is 2.42. The summed E-state index contributed by atoms with van der Waals surface area (Å²) >= 11 is 0. The van der Waals surface area contributed by atoms with E-state index >= 15 is 0 Å². The van der Waals surface area contributed by atoms with E-state index in [9.17, 15) is 33.0 Å².